The Kier molecular flexibility index (Phi) is 5.32. The van der Waals surface area contributed by atoms with Gasteiger partial charge in [0, 0.05) is 0 Å². The summed E-state index contributed by atoms with van der Waals surface area (Å²) in [6.07, 6.45) is 0. The second-order valence-corrected chi connectivity index (χ2v) is 6.94. The zero-order chi connectivity index (χ0) is 15.4. The van der Waals surface area contributed by atoms with Crippen molar-refractivity contribution in [1.29, 1.82) is 0 Å². The van der Waals surface area contributed by atoms with Crippen molar-refractivity contribution in [2.24, 2.45) is 0 Å². The van der Waals surface area contributed by atoms with E-state index in [1.54, 1.807) is 20.8 Å². The molecule has 20 heavy (non-hydrogen) atoms. The van der Waals surface area contributed by atoms with Gasteiger partial charge in [0.25, 0.3) is 10.0 Å². The minimum Gasteiger partial charge on any atom is -0.459 e. The molecule has 8 heteroatoms. The Morgan fingerprint density at radius 1 is 1.35 bits per heavy atom. The number of carbonyl (C=O) groups is 1. The van der Waals surface area contributed by atoms with E-state index in [9.17, 15) is 13.2 Å². The van der Waals surface area contributed by atoms with E-state index in [2.05, 4.69) is 10.0 Å². The van der Waals surface area contributed by atoms with Crippen LogP contribution < -0.4 is 10.0 Å². The molecule has 0 saturated heterocycles. The molecule has 0 atom stereocenters. The average Bonchev–Trinajstić information content (AvgIpc) is 2.76. The Hall–Kier alpha value is -1.38. The van der Waals surface area contributed by atoms with Crippen molar-refractivity contribution < 1.29 is 22.4 Å². The molecule has 1 aromatic heterocycles. The van der Waals surface area contributed by atoms with Crippen molar-refractivity contribution in [2.75, 3.05) is 13.6 Å². The lowest BCUT2D eigenvalue weighted by atomic mass is 10.2. The number of nitrogens with one attached hydrogen (secondary N) is 2. The molecule has 0 aliphatic heterocycles. The monoisotopic (exact) mass is 304 g/mol. The van der Waals surface area contributed by atoms with Gasteiger partial charge in [0.05, 0.1) is 13.1 Å². The van der Waals surface area contributed by atoms with Gasteiger partial charge < -0.3 is 9.15 Å². The minimum atomic E-state index is -3.58. The zero-order valence-electron chi connectivity index (χ0n) is 12.0. The molecule has 7 nitrogen and oxygen atoms in total. The molecule has 0 bridgehead atoms. The third kappa shape index (κ3) is 5.32. The smallest absolute Gasteiger partial charge is 0.320 e. The highest BCUT2D eigenvalue weighted by Crippen LogP contribution is 2.13. The van der Waals surface area contributed by atoms with E-state index in [4.69, 9.17) is 9.15 Å². The first-order valence-electron chi connectivity index (χ1n) is 6.09. The van der Waals surface area contributed by atoms with Gasteiger partial charge in [0.1, 0.15) is 11.4 Å². The number of hydrogen-bond acceptors (Lipinski definition) is 6. The molecular weight excluding hydrogens is 284 g/mol. The van der Waals surface area contributed by atoms with Gasteiger partial charge in [-0.2, -0.15) is 0 Å². The number of carbonyl (C=O) groups excluding carboxylic acids is 1. The first kappa shape index (κ1) is 16.7. The van der Waals surface area contributed by atoms with Crippen LogP contribution in [0.25, 0.3) is 0 Å². The zero-order valence-corrected chi connectivity index (χ0v) is 12.8. The van der Waals surface area contributed by atoms with Crippen LogP contribution in [-0.4, -0.2) is 33.6 Å². The lowest BCUT2D eigenvalue weighted by Gasteiger charge is -2.19. The normalized spacial score (nSPS) is 12.4. The minimum absolute atomic E-state index is 0.0199. The van der Waals surface area contributed by atoms with Crippen LogP contribution in [0.5, 0.6) is 0 Å². The summed E-state index contributed by atoms with van der Waals surface area (Å²) in [7, 11) is -2.27. The summed E-state index contributed by atoms with van der Waals surface area (Å²) in [5, 5.41) is 2.67. The van der Waals surface area contributed by atoms with Gasteiger partial charge in [-0.3, -0.25) is 10.1 Å². The molecule has 1 rings (SSSR count). The molecular formula is C12H20N2O5S. The van der Waals surface area contributed by atoms with Crippen LogP contribution in [-0.2, 0) is 26.1 Å². The van der Waals surface area contributed by atoms with Gasteiger partial charge in [-0.25, -0.2) is 13.1 Å². The molecule has 0 saturated carbocycles. The lowest BCUT2D eigenvalue weighted by molar-refractivity contribution is -0.153. The van der Waals surface area contributed by atoms with Crippen LogP contribution >= 0.6 is 0 Å². The maximum absolute atomic E-state index is 11.5. The van der Waals surface area contributed by atoms with Crippen LogP contribution in [0.15, 0.2) is 21.6 Å². The highest BCUT2D eigenvalue weighted by atomic mass is 32.2. The van der Waals surface area contributed by atoms with Crippen molar-refractivity contribution in [3.8, 4) is 0 Å². The van der Waals surface area contributed by atoms with Crippen molar-refractivity contribution >= 4 is 16.0 Å². The number of sulfonamides is 1. The predicted molar refractivity (Wildman–Crippen MR) is 72.5 cm³/mol. The predicted octanol–water partition coefficient (Wildman–Crippen LogP) is 0.619. The van der Waals surface area contributed by atoms with E-state index in [1.165, 1.54) is 19.2 Å². The quantitative estimate of drug-likeness (QED) is 0.748. The Morgan fingerprint density at radius 2 is 2.00 bits per heavy atom. The third-order valence-corrected chi connectivity index (χ3v) is 3.45. The van der Waals surface area contributed by atoms with Gasteiger partial charge in [-0.15, -0.1) is 0 Å². The fraction of sp³-hybridized carbons (Fsp3) is 0.583. The molecule has 0 aliphatic rings. The molecule has 0 aliphatic carbocycles. The standard InChI is InChI=1S/C12H20N2O5S/c1-12(2,3)19-10(15)8-14-7-9-5-6-11(18-9)20(16,17)13-4/h5-6,13-14H,7-8H2,1-4H3. The SMILES string of the molecule is CNS(=O)(=O)c1ccc(CNCC(=O)OC(C)(C)C)o1. The van der Waals surface area contributed by atoms with E-state index in [1.807, 2.05) is 0 Å². The van der Waals surface area contributed by atoms with Crippen molar-refractivity contribution in [2.45, 2.75) is 38.0 Å². The highest BCUT2D eigenvalue weighted by Gasteiger charge is 2.17. The summed E-state index contributed by atoms with van der Waals surface area (Å²) in [6.45, 7) is 5.61. The summed E-state index contributed by atoms with van der Waals surface area (Å²) in [4.78, 5) is 11.4. The fourth-order valence-corrected chi connectivity index (χ4v) is 2.03. The molecule has 0 fully saturated rings. The van der Waals surface area contributed by atoms with Crippen LogP contribution in [0, 0.1) is 0 Å². The average molecular weight is 304 g/mol. The van der Waals surface area contributed by atoms with Crippen molar-refractivity contribution in [1.82, 2.24) is 10.0 Å². The molecule has 2 N–H and O–H groups in total. The highest BCUT2D eigenvalue weighted by molar-refractivity contribution is 7.89. The van der Waals surface area contributed by atoms with Crippen LogP contribution in [0.1, 0.15) is 26.5 Å². The number of esters is 1. The molecule has 0 radical (unpaired) electrons. The van der Waals surface area contributed by atoms with Gasteiger partial charge in [-0.1, -0.05) is 0 Å². The molecule has 114 valence electrons. The molecule has 0 amide bonds. The first-order valence-corrected chi connectivity index (χ1v) is 7.57. The number of ether oxygens (including phenoxy) is 1. The second-order valence-electron chi connectivity index (χ2n) is 5.12. The van der Waals surface area contributed by atoms with Crippen molar-refractivity contribution in [3.63, 3.8) is 0 Å². The van der Waals surface area contributed by atoms with Crippen molar-refractivity contribution in [3.05, 3.63) is 17.9 Å². The maximum Gasteiger partial charge on any atom is 0.320 e. The third-order valence-electron chi connectivity index (χ3n) is 2.16. The lowest BCUT2D eigenvalue weighted by Crippen LogP contribution is -2.31. The Labute approximate surface area is 118 Å². The van der Waals surface area contributed by atoms with Gasteiger partial charge in [-0.05, 0) is 40.0 Å². The largest absolute Gasteiger partial charge is 0.459 e. The Balaban J connectivity index is 2.46. The van der Waals surface area contributed by atoms with Crippen LogP contribution in [0.3, 0.4) is 0 Å². The number of hydrogen-bond donors (Lipinski definition) is 2. The second kappa shape index (κ2) is 6.38. The Bertz CT molecular complexity index is 557. The summed E-state index contributed by atoms with van der Waals surface area (Å²) in [5.41, 5.74) is -0.530. The fourth-order valence-electron chi connectivity index (χ4n) is 1.36. The first-order chi connectivity index (χ1) is 9.14. The van der Waals surface area contributed by atoms with E-state index in [0.29, 0.717) is 5.76 Å². The maximum atomic E-state index is 11.5. The van der Waals surface area contributed by atoms with E-state index in [0.717, 1.165) is 0 Å². The number of rotatable bonds is 6. The summed E-state index contributed by atoms with van der Waals surface area (Å²) in [5.74, 6) is 0.0366. The molecule has 0 spiro atoms. The van der Waals surface area contributed by atoms with Gasteiger partial charge in [0.15, 0.2) is 0 Å². The summed E-state index contributed by atoms with van der Waals surface area (Å²) < 4.78 is 35.3. The van der Waals surface area contributed by atoms with Gasteiger partial charge in [0.2, 0.25) is 5.09 Å². The topological polar surface area (TPSA) is 97.6 Å². The number of furan rings is 1. The molecule has 1 aromatic rings. The summed E-state index contributed by atoms with van der Waals surface area (Å²) >= 11 is 0. The van der Waals surface area contributed by atoms with Crippen LogP contribution in [0.4, 0.5) is 0 Å². The van der Waals surface area contributed by atoms with Crippen LogP contribution in [0.2, 0.25) is 0 Å². The van der Waals surface area contributed by atoms with E-state index in [-0.39, 0.29) is 24.2 Å². The van der Waals surface area contributed by atoms with E-state index < -0.39 is 15.6 Å². The Morgan fingerprint density at radius 3 is 2.55 bits per heavy atom. The molecule has 1 heterocycles. The molecule has 0 unspecified atom stereocenters. The van der Waals surface area contributed by atoms with E-state index >= 15 is 0 Å². The van der Waals surface area contributed by atoms with Gasteiger partial charge >= 0.3 is 5.97 Å². The molecule has 0 aromatic carbocycles. The summed E-state index contributed by atoms with van der Waals surface area (Å²) in [6, 6.07) is 2.89.